The number of rotatable bonds is 8. The van der Waals surface area contributed by atoms with Crippen LogP contribution in [0.2, 0.25) is 0 Å². The Bertz CT molecular complexity index is 867. The zero-order valence-corrected chi connectivity index (χ0v) is 17.8. The second kappa shape index (κ2) is 9.22. The third kappa shape index (κ3) is 4.85. The molecule has 1 heterocycles. The molecule has 1 aliphatic heterocycles. The number of nitrogens with zero attached hydrogens (tertiary/aromatic N) is 1. The van der Waals surface area contributed by atoms with E-state index in [1.807, 2.05) is 49.4 Å². The quantitative estimate of drug-likeness (QED) is 0.662. The zero-order chi connectivity index (χ0) is 20.9. The predicted octanol–water partition coefficient (Wildman–Crippen LogP) is 3.96. The van der Waals surface area contributed by atoms with E-state index in [1.165, 1.54) is 11.8 Å². The third-order valence-corrected chi connectivity index (χ3v) is 5.52. The molecule has 0 spiro atoms. The molecule has 2 aromatic rings. The van der Waals surface area contributed by atoms with Crippen molar-refractivity contribution in [1.29, 1.82) is 0 Å². The number of carbonyl (C=O) groups excluding carboxylic acids is 2. The summed E-state index contributed by atoms with van der Waals surface area (Å²) in [5.41, 5.74) is 0.451. The second-order valence-electron chi connectivity index (χ2n) is 7.06. The Kier molecular flexibility index (Phi) is 6.69. The number of hydrogen-bond acceptors (Lipinski definition) is 5. The lowest BCUT2D eigenvalue weighted by atomic mass is 9.96. The van der Waals surface area contributed by atoms with Gasteiger partial charge in [0.25, 0.3) is 0 Å². The van der Waals surface area contributed by atoms with Gasteiger partial charge in [0.2, 0.25) is 11.8 Å². The SMILES string of the molecule is CCOc1ccc(OCCSCC(=O)N2c3ccccc3NC(=O)C2(C)C)cc1. The van der Waals surface area contributed by atoms with Gasteiger partial charge in [-0.3, -0.25) is 14.5 Å². The Labute approximate surface area is 175 Å². The van der Waals surface area contributed by atoms with E-state index in [9.17, 15) is 9.59 Å². The zero-order valence-electron chi connectivity index (χ0n) is 16.9. The number of hydrogen-bond donors (Lipinski definition) is 1. The first-order valence-electron chi connectivity index (χ1n) is 9.60. The van der Waals surface area contributed by atoms with E-state index < -0.39 is 5.54 Å². The largest absolute Gasteiger partial charge is 0.494 e. The van der Waals surface area contributed by atoms with Crippen LogP contribution in [0, 0.1) is 0 Å². The number of amides is 2. The van der Waals surface area contributed by atoms with Crippen molar-refractivity contribution in [3.63, 3.8) is 0 Å². The molecule has 1 aliphatic rings. The minimum absolute atomic E-state index is 0.0941. The molecular formula is C22H26N2O4S. The summed E-state index contributed by atoms with van der Waals surface area (Å²) >= 11 is 1.49. The Hall–Kier alpha value is -2.67. The summed E-state index contributed by atoms with van der Waals surface area (Å²) in [5.74, 6) is 2.24. The third-order valence-electron chi connectivity index (χ3n) is 4.61. The van der Waals surface area contributed by atoms with Crippen LogP contribution in [-0.2, 0) is 9.59 Å². The Morgan fingerprint density at radius 2 is 1.72 bits per heavy atom. The highest BCUT2D eigenvalue weighted by Crippen LogP contribution is 2.37. The van der Waals surface area contributed by atoms with Gasteiger partial charge in [-0.15, -0.1) is 11.8 Å². The monoisotopic (exact) mass is 414 g/mol. The Balaban J connectivity index is 1.52. The summed E-state index contributed by atoms with van der Waals surface area (Å²) in [4.78, 5) is 27.0. The fourth-order valence-corrected chi connectivity index (χ4v) is 3.79. The van der Waals surface area contributed by atoms with Crippen LogP contribution in [0.5, 0.6) is 11.5 Å². The van der Waals surface area contributed by atoms with Crippen molar-refractivity contribution in [2.45, 2.75) is 26.3 Å². The van der Waals surface area contributed by atoms with Crippen LogP contribution < -0.4 is 19.7 Å². The van der Waals surface area contributed by atoms with E-state index in [0.717, 1.165) is 17.2 Å². The summed E-state index contributed by atoms with van der Waals surface area (Å²) in [6, 6.07) is 14.8. The Morgan fingerprint density at radius 1 is 1.07 bits per heavy atom. The van der Waals surface area contributed by atoms with Gasteiger partial charge in [0.05, 0.1) is 30.3 Å². The van der Waals surface area contributed by atoms with E-state index >= 15 is 0 Å². The molecule has 2 amide bonds. The number of thioether (sulfide) groups is 1. The van der Waals surface area contributed by atoms with Crippen molar-refractivity contribution in [2.24, 2.45) is 0 Å². The van der Waals surface area contributed by atoms with Crippen molar-refractivity contribution in [3.05, 3.63) is 48.5 Å². The van der Waals surface area contributed by atoms with Gasteiger partial charge in [-0.05, 0) is 57.2 Å². The molecule has 0 bridgehead atoms. The van der Waals surface area contributed by atoms with Gasteiger partial charge in [0, 0.05) is 5.75 Å². The van der Waals surface area contributed by atoms with E-state index in [1.54, 1.807) is 24.8 Å². The highest BCUT2D eigenvalue weighted by Gasteiger charge is 2.43. The molecule has 0 atom stereocenters. The van der Waals surface area contributed by atoms with E-state index in [4.69, 9.17) is 9.47 Å². The molecule has 154 valence electrons. The molecule has 3 rings (SSSR count). The maximum Gasteiger partial charge on any atom is 0.250 e. The molecule has 0 aromatic heterocycles. The lowest BCUT2D eigenvalue weighted by Gasteiger charge is -2.42. The van der Waals surface area contributed by atoms with Gasteiger partial charge in [-0.2, -0.15) is 0 Å². The molecule has 0 aliphatic carbocycles. The first kappa shape index (κ1) is 21.0. The van der Waals surface area contributed by atoms with Crippen LogP contribution in [-0.4, -0.2) is 42.1 Å². The van der Waals surface area contributed by atoms with Gasteiger partial charge >= 0.3 is 0 Å². The average Bonchev–Trinajstić information content (AvgIpc) is 2.70. The van der Waals surface area contributed by atoms with Gasteiger partial charge in [0.1, 0.15) is 17.0 Å². The molecule has 29 heavy (non-hydrogen) atoms. The summed E-state index contributed by atoms with van der Waals surface area (Å²) in [6.45, 7) is 6.59. The molecule has 0 saturated carbocycles. The summed E-state index contributed by atoms with van der Waals surface area (Å²) in [6.07, 6.45) is 0. The van der Waals surface area contributed by atoms with Crippen molar-refractivity contribution in [1.82, 2.24) is 0 Å². The van der Waals surface area contributed by atoms with Crippen molar-refractivity contribution in [3.8, 4) is 11.5 Å². The number of carbonyl (C=O) groups is 2. The van der Waals surface area contributed by atoms with Crippen LogP contribution in [0.4, 0.5) is 11.4 Å². The first-order chi connectivity index (χ1) is 13.9. The van der Waals surface area contributed by atoms with Crippen molar-refractivity contribution < 1.29 is 19.1 Å². The number of para-hydroxylation sites is 2. The highest BCUT2D eigenvalue weighted by atomic mass is 32.2. The normalized spacial score (nSPS) is 14.7. The molecule has 1 N–H and O–H groups in total. The predicted molar refractivity (Wildman–Crippen MR) is 117 cm³/mol. The minimum Gasteiger partial charge on any atom is -0.494 e. The lowest BCUT2D eigenvalue weighted by molar-refractivity contribution is -0.125. The smallest absolute Gasteiger partial charge is 0.250 e. The Morgan fingerprint density at radius 3 is 2.41 bits per heavy atom. The van der Waals surface area contributed by atoms with Crippen LogP contribution in [0.15, 0.2) is 48.5 Å². The molecule has 0 radical (unpaired) electrons. The van der Waals surface area contributed by atoms with Gasteiger partial charge in [-0.25, -0.2) is 0 Å². The van der Waals surface area contributed by atoms with Crippen LogP contribution in [0.3, 0.4) is 0 Å². The molecule has 2 aromatic carbocycles. The number of nitrogens with one attached hydrogen (secondary N) is 1. The second-order valence-corrected chi connectivity index (χ2v) is 8.17. The van der Waals surface area contributed by atoms with Crippen LogP contribution in [0.1, 0.15) is 20.8 Å². The molecule has 0 fully saturated rings. The standard InChI is InChI=1S/C22H26N2O4S/c1-4-27-16-9-11-17(12-10-16)28-13-14-29-15-20(25)24-19-8-6-5-7-18(19)23-21(26)22(24,2)3/h5-12H,4,13-15H2,1-3H3,(H,23,26). The maximum absolute atomic E-state index is 12.9. The van der Waals surface area contributed by atoms with E-state index in [-0.39, 0.29) is 17.6 Å². The topological polar surface area (TPSA) is 67.9 Å². The molecular weight excluding hydrogens is 388 g/mol. The summed E-state index contributed by atoms with van der Waals surface area (Å²) in [7, 11) is 0. The maximum atomic E-state index is 12.9. The minimum atomic E-state index is -0.940. The first-order valence-corrected chi connectivity index (χ1v) is 10.8. The lowest BCUT2D eigenvalue weighted by Crippen LogP contribution is -2.59. The van der Waals surface area contributed by atoms with Crippen molar-refractivity contribution >= 4 is 35.0 Å². The number of benzene rings is 2. The fourth-order valence-electron chi connectivity index (χ4n) is 3.14. The van der Waals surface area contributed by atoms with Crippen molar-refractivity contribution in [2.75, 3.05) is 34.9 Å². The molecule has 0 saturated heterocycles. The van der Waals surface area contributed by atoms with E-state index in [0.29, 0.717) is 24.7 Å². The molecule has 7 heteroatoms. The van der Waals surface area contributed by atoms with Gasteiger partial charge < -0.3 is 14.8 Å². The highest BCUT2D eigenvalue weighted by molar-refractivity contribution is 7.99. The van der Waals surface area contributed by atoms with Crippen LogP contribution in [0.25, 0.3) is 0 Å². The molecule has 6 nitrogen and oxygen atoms in total. The summed E-state index contributed by atoms with van der Waals surface area (Å²) < 4.78 is 11.1. The number of ether oxygens (including phenoxy) is 2. The van der Waals surface area contributed by atoms with Gasteiger partial charge in [-0.1, -0.05) is 12.1 Å². The van der Waals surface area contributed by atoms with Crippen LogP contribution >= 0.6 is 11.8 Å². The number of anilines is 2. The number of fused-ring (bicyclic) bond motifs is 1. The fraction of sp³-hybridized carbons (Fsp3) is 0.364. The average molecular weight is 415 g/mol. The summed E-state index contributed by atoms with van der Waals surface area (Å²) in [5, 5.41) is 2.87. The molecule has 0 unspecified atom stereocenters. The van der Waals surface area contributed by atoms with E-state index in [2.05, 4.69) is 5.32 Å². The van der Waals surface area contributed by atoms with Gasteiger partial charge in [0.15, 0.2) is 0 Å².